The van der Waals surface area contributed by atoms with Crippen LogP contribution < -0.4 is 4.74 Å². The number of esters is 1. The van der Waals surface area contributed by atoms with E-state index in [0.717, 1.165) is 5.56 Å². The minimum Gasteiger partial charge on any atom is -0.460 e. The molecule has 0 fully saturated rings. The molecule has 160 valence electrons. The van der Waals surface area contributed by atoms with Gasteiger partial charge in [0.05, 0.1) is 0 Å². The number of nitrogens with zero attached hydrogens (tertiary/aromatic N) is 5. The largest absolute Gasteiger partial charge is 0.573 e. The van der Waals surface area contributed by atoms with E-state index >= 15 is 0 Å². The number of ether oxygens (including phenoxy) is 2. The summed E-state index contributed by atoms with van der Waals surface area (Å²) in [5.41, 5.74) is 1.74. The third kappa shape index (κ3) is 4.55. The maximum absolute atomic E-state index is 13.0. The van der Waals surface area contributed by atoms with E-state index in [0.29, 0.717) is 11.3 Å². The van der Waals surface area contributed by atoms with Gasteiger partial charge in [-0.1, -0.05) is 47.6 Å². The summed E-state index contributed by atoms with van der Waals surface area (Å²) < 4.78 is 48.2. The first kappa shape index (κ1) is 20.5. The van der Waals surface area contributed by atoms with E-state index < -0.39 is 24.3 Å². The fourth-order valence-electron chi connectivity index (χ4n) is 3.36. The van der Waals surface area contributed by atoms with Crippen LogP contribution in [0, 0.1) is 5.92 Å². The smallest absolute Gasteiger partial charge is 0.460 e. The molecule has 0 amide bonds. The van der Waals surface area contributed by atoms with E-state index in [2.05, 4.69) is 25.3 Å². The molecule has 0 saturated heterocycles. The zero-order valence-corrected chi connectivity index (χ0v) is 16.2. The van der Waals surface area contributed by atoms with Crippen LogP contribution in [0.3, 0.4) is 0 Å². The summed E-state index contributed by atoms with van der Waals surface area (Å²) in [5.74, 6) is -1.61. The van der Waals surface area contributed by atoms with Crippen LogP contribution in [0.25, 0.3) is 0 Å². The van der Waals surface area contributed by atoms with Gasteiger partial charge in [-0.25, -0.2) is 9.67 Å². The molecule has 0 saturated carbocycles. The zero-order valence-electron chi connectivity index (χ0n) is 16.2. The van der Waals surface area contributed by atoms with Crippen LogP contribution in [-0.2, 0) is 16.1 Å². The number of alkyl halides is 3. The van der Waals surface area contributed by atoms with Crippen LogP contribution in [0.2, 0.25) is 0 Å². The van der Waals surface area contributed by atoms with Crippen molar-refractivity contribution in [3.8, 4) is 5.75 Å². The highest BCUT2D eigenvalue weighted by atomic mass is 19.4. The number of fused-ring (bicyclic) bond motifs is 1. The first-order valence-corrected chi connectivity index (χ1v) is 9.21. The van der Waals surface area contributed by atoms with Crippen molar-refractivity contribution in [2.75, 3.05) is 0 Å². The van der Waals surface area contributed by atoms with Gasteiger partial charge in [0.1, 0.15) is 24.3 Å². The zero-order chi connectivity index (χ0) is 22.0. The van der Waals surface area contributed by atoms with Crippen molar-refractivity contribution in [2.45, 2.75) is 25.9 Å². The van der Waals surface area contributed by atoms with Crippen molar-refractivity contribution in [2.24, 2.45) is 10.9 Å². The number of carbonyl (C=O) groups excluding carboxylic acids is 1. The molecule has 31 heavy (non-hydrogen) atoms. The normalized spacial score (nSPS) is 18.1. The first-order valence-electron chi connectivity index (χ1n) is 9.21. The average Bonchev–Trinajstić information content (AvgIpc) is 3.19. The number of carbonyl (C=O) groups is 1. The number of benzene rings is 2. The Hall–Kier alpha value is -3.76. The second-order valence-electron chi connectivity index (χ2n) is 6.81. The lowest BCUT2D eigenvalue weighted by Gasteiger charge is -2.29. The molecule has 2 aromatic carbocycles. The summed E-state index contributed by atoms with van der Waals surface area (Å²) in [7, 11) is 0. The standard InChI is InChI=1S/C20H16F3N5O3/c1-12-16(18(29)30-11-13-5-3-2-4-6-13)17(28-19(24-12)25-26-27-28)14-7-9-15(10-8-14)31-20(21,22)23/h2-10,16-17H,11H2,1H3. The highest BCUT2D eigenvalue weighted by molar-refractivity contribution is 6.03. The molecule has 0 radical (unpaired) electrons. The quantitative estimate of drug-likeness (QED) is 0.573. The number of aromatic nitrogens is 4. The van der Waals surface area contributed by atoms with Crippen LogP contribution in [0.15, 0.2) is 59.6 Å². The number of aliphatic imine (C=N–C) groups is 1. The summed E-state index contributed by atoms with van der Waals surface area (Å²) in [4.78, 5) is 17.3. The Balaban J connectivity index is 1.62. The third-order valence-electron chi connectivity index (χ3n) is 4.71. The molecule has 1 aliphatic heterocycles. The monoisotopic (exact) mass is 431 g/mol. The Morgan fingerprint density at radius 2 is 1.81 bits per heavy atom. The van der Waals surface area contributed by atoms with Gasteiger partial charge in [-0.2, -0.15) is 0 Å². The molecular weight excluding hydrogens is 415 g/mol. The molecule has 11 heteroatoms. The maximum Gasteiger partial charge on any atom is 0.573 e. The van der Waals surface area contributed by atoms with Crippen molar-refractivity contribution in [1.82, 2.24) is 20.2 Å². The SMILES string of the molecule is CC1=Nc2nnnn2C(c2ccc(OC(F)(F)F)cc2)C1C(=O)OCc1ccccc1. The Bertz CT molecular complexity index is 1100. The molecule has 1 aliphatic rings. The lowest BCUT2D eigenvalue weighted by molar-refractivity contribution is -0.274. The highest BCUT2D eigenvalue weighted by Crippen LogP contribution is 2.36. The highest BCUT2D eigenvalue weighted by Gasteiger charge is 2.40. The number of rotatable bonds is 5. The Labute approximate surface area is 174 Å². The topological polar surface area (TPSA) is 91.5 Å². The van der Waals surface area contributed by atoms with E-state index in [1.54, 1.807) is 6.92 Å². The average molecular weight is 431 g/mol. The molecule has 2 heterocycles. The number of hydrogen-bond donors (Lipinski definition) is 0. The van der Waals surface area contributed by atoms with Gasteiger partial charge in [0.15, 0.2) is 0 Å². The second-order valence-corrected chi connectivity index (χ2v) is 6.81. The maximum atomic E-state index is 13.0. The minimum atomic E-state index is -4.80. The van der Waals surface area contributed by atoms with Crippen LogP contribution in [0.1, 0.15) is 24.1 Å². The van der Waals surface area contributed by atoms with Gasteiger partial charge >= 0.3 is 12.3 Å². The fourth-order valence-corrected chi connectivity index (χ4v) is 3.36. The molecule has 0 bridgehead atoms. The summed E-state index contributed by atoms with van der Waals surface area (Å²) >= 11 is 0. The lowest BCUT2D eigenvalue weighted by Crippen LogP contribution is -2.37. The van der Waals surface area contributed by atoms with Gasteiger partial charge in [0, 0.05) is 5.71 Å². The summed E-state index contributed by atoms with van der Waals surface area (Å²) in [6, 6.07) is 13.6. The van der Waals surface area contributed by atoms with Crippen molar-refractivity contribution in [1.29, 1.82) is 0 Å². The molecule has 1 aromatic heterocycles. The summed E-state index contributed by atoms with van der Waals surface area (Å²) in [6.07, 6.45) is -4.80. The van der Waals surface area contributed by atoms with E-state index in [1.165, 1.54) is 28.9 Å². The van der Waals surface area contributed by atoms with Gasteiger partial charge in [-0.05, 0) is 40.6 Å². The van der Waals surface area contributed by atoms with E-state index in [-0.39, 0.29) is 18.3 Å². The Kier molecular flexibility index (Phi) is 5.40. The van der Waals surface area contributed by atoms with Crippen LogP contribution in [-0.4, -0.2) is 38.3 Å². The van der Waals surface area contributed by atoms with Gasteiger partial charge in [0.25, 0.3) is 5.95 Å². The van der Waals surface area contributed by atoms with Gasteiger partial charge in [-0.3, -0.25) is 4.79 Å². The Morgan fingerprint density at radius 1 is 1.10 bits per heavy atom. The van der Waals surface area contributed by atoms with Crippen molar-refractivity contribution in [3.63, 3.8) is 0 Å². The fraction of sp³-hybridized carbons (Fsp3) is 0.250. The van der Waals surface area contributed by atoms with Gasteiger partial charge in [-0.15, -0.1) is 13.2 Å². The van der Waals surface area contributed by atoms with Gasteiger partial charge in [0.2, 0.25) is 0 Å². The van der Waals surface area contributed by atoms with E-state index in [9.17, 15) is 18.0 Å². The first-order chi connectivity index (χ1) is 14.8. The van der Waals surface area contributed by atoms with E-state index in [4.69, 9.17) is 4.74 Å². The third-order valence-corrected chi connectivity index (χ3v) is 4.71. The van der Waals surface area contributed by atoms with Crippen molar-refractivity contribution >= 4 is 17.6 Å². The predicted octanol–water partition coefficient (Wildman–Crippen LogP) is 3.63. The van der Waals surface area contributed by atoms with Crippen LogP contribution in [0.5, 0.6) is 5.75 Å². The molecule has 3 aromatic rings. The second kappa shape index (κ2) is 8.17. The van der Waals surface area contributed by atoms with Crippen LogP contribution >= 0.6 is 0 Å². The van der Waals surface area contributed by atoms with Crippen molar-refractivity contribution in [3.05, 3.63) is 65.7 Å². The lowest BCUT2D eigenvalue weighted by atomic mass is 9.88. The molecule has 0 N–H and O–H groups in total. The number of tetrazole rings is 1. The predicted molar refractivity (Wildman–Crippen MR) is 102 cm³/mol. The molecular formula is C20H16F3N5O3. The molecule has 2 atom stereocenters. The van der Waals surface area contributed by atoms with E-state index in [1.807, 2.05) is 30.3 Å². The van der Waals surface area contributed by atoms with Crippen LogP contribution in [0.4, 0.5) is 19.1 Å². The Morgan fingerprint density at radius 3 is 2.48 bits per heavy atom. The number of hydrogen-bond acceptors (Lipinski definition) is 7. The van der Waals surface area contributed by atoms with Gasteiger partial charge < -0.3 is 9.47 Å². The number of halogens is 3. The summed E-state index contributed by atoms with van der Waals surface area (Å²) in [5, 5.41) is 11.3. The molecule has 2 unspecified atom stereocenters. The molecule has 4 rings (SSSR count). The summed E-state index contributed by atoms with van der Waals surface area (Å²) in [6.45, 7) is 1.72. The molecule has 0 spiro atoms. The minimum absolute atomic E-state index is 0.0665. The van der Waals surface area contributed by atoms with Crippen molar-refractivity contribution < 1.29 is 27.4 Å². The molecule has 0 aliphatic carbocycles. The molecule has 8 nitrogen and oxygen atoms in total.